The minimum atomic E-state index is 0.310. The molecular weight excluding hydrogens is 222 g/mol. The second-order valence-corrected chi connectivity index (χ2v) is 5.38. The maximum absolute atomic E-state index is 5.78. The SMILES string of the molecule is Cc1cnc(Cl)nc1NCC1(C)CCCC1. The zero-order chi connectivity index (χ0) is 11.6. The van der Waals surface area contributed by atoms with Gasteiger partial charge in [0.05, 0.1) is 0 Å². The largest absolute Gasteiger partial charge is 0.369 e. The Bertz CT molecular complexity index is 373. The number of aromatic nitrogens is 2. The van der Waals surface area contributed by atoms with Gasteiger partial charge in [0.25, 0.3) is 0 Å². The zero-order valence-electron chi connectivity index (χ0n) is 9.89. The lowest BCUT2D eigenvalue weighted by atomic mass is 9.89. The van der Waals surface area contributed by atoms with E-state index in [1.807, 2.05) is 6.92 Å². The predicted molar refractivity (Wildman–Crippen MR) is 66.8 cm³/mol. The highest BCUT2D eigenvalue weighted by molar-refractivity contribution is 6.28. The number of rotatable bonds is 3. The van der Waals surface area contributed by atoms with Crippen LogP contribution in [0.3, 0.4) is 0 Å². The predicted octanol–water partition coefficient (Wildman–Crippen LogP) is 3.43. The summed E-state index contributed by atoms with van der Waals surface area (Å²) in [5.74, 6) is 0.869. The third-order valence-corrected chi connectivity index (χ3v) is 3.62. The van der Waals surface area contributed by atoms with Crippen LogP contribution in [0.25, 0.3) is 0 Å². The molecule has 1 aromatic heterocycles. The molecule has 1 aliphatic rings. The van der Waals surface area contributed by atoms with Gasteiger partial charge in [-0.15, -0.1) is 0 Å². The van der Waals surface area contributed by atoms with Crippen molar-refractivity contribution in [2.45, 2.75) is 39.5 Å². The standard InChI is InChI=1S/C12H18ClN3/c1-9-7-14-11(13)16-10(9)15-8-12(2)5-3-4-6-12/h7H,3-6,8H2,1-2H3,(H,14,15,16). The summed E-state index contributed by atoms with van der Waals surface area (Å²) in [6.45, 7) is 5.31. The van der Waals surface area contributed by atoms with Gasteiger partial charge in [0, 0.05) is 18.3 Å². The van der Waals surface area contributed by atoms with Gasteiger partial charge in [0.15, 0.2) is 0 Å². The molecule has 16 heavy (non-hydrogen) atoms. The summed E-state index contributed by atoms with van der Waals surface area (Å²) < 4.78 is 0. The monoisotopic (exact) mass is 239 g/mol. The molecule has 4 heteroatoms. The average Bonchev–Trinajstić information content (AvgIpc) is 2.67. The number of hydrogen-bond acceptors (Lipinski definition) is 3. The van der Waals surface area contributed by atoms with Gasteiger partial charge in [-0.1, -0.05) is 19.8 Å². The molecule has 0 bridgehead atoms. The molecule has 0 aliphatic heterocycles. The number of aryl methyl sites for hydroxylation is 1. The first-order chi connectivity index (χ1) is 7.59. The molecule has 3 nitrogen and oxygen atoms in total. The van der Waals surface area contributed by atoms with Gasteiger partial charge in [-0.25, -0.2) is 9.97 Å². The molecule has 1 aromatic rings. The molecule has 0 atom stereocenters. The molecule has 1 saturated carbocycles. The number of nitrogens with one attached hydrogen (secondary N) is 1. The van der Waals surface area contributed by atoms with E-state index in [1.54, 1.807) is 6.20 Å². The molecule has 1 N–H and O–H groups in total. The van der Waals surface area contributed by atoms with E-state index in [-0.39, 0.29) is 0 Å². The summed E-state index contributed by atoms with van der Waals surface area (Å²) >= 11 is 5.78. The van der Waals surface area contributed by atoms with E-state index in [0.717, 1.165) is 17.9 Å². The van der Waals surface area contributed by atoms with Crippen LogP contribution in [-0.4, -0.2) is 16.5 Å². The fourth-order valence-electron chi connectivity index (χ4n) is 2.30. The number of anilines is 1. The molecule has 88 valence electrons. The smallest absolute Gasteiger partial charge is 0.224 e. The van der Waals surface area contributed by atoms with E-state index in [2.05, 4.69) is 22.2 Å². The van der Waals surface area contributed by atoms with Crippen molar-refractivity contribution in [3.63, 3.8) is 0 Å². The molecule has 0 aromatic carbocycles. The van der Waals surface area contributed by atoms with Gasteiger partial charge in [-0.3, -0.25) is 0 Å². The highest BCUT2D eigenvalue weighted by Crippen LogP contribution is 2.37. The lowest BCUT2D eigenvalue weighted by Crippen LogP contribution is -2.23. The van der Waals surface area contributed by atoms with Crippen LogP contribution < -0.4 is 5.32 Å². The Morgan fingerprint density at radius 1 is 1.44 bits per heavy atom. The second kappa shape index (κ2) is 4.58. The average molecular weight is 240 g/mol. The van der Waals surface area contributed by atoms with Crippen molar-refractivity contribution in [2.24, 2.45) is 5.41 Å². The van der Waals surface area contributed by atoms with Crippen molar-refractivity contribution in [1.82, 2.24) is 9.97 Å². The summed E-state index contributed by atoms with van der Waals surface area (Å²) in [7, 11) is 0. The van der Waals surface area contributed by atoms with Crippen molar-refractivity contribution < 1.29 is 0 Å². The van der Waals surface area contributed by atoms with Gasteiger partial charge in [0.1, 0.15) is 5.82 Å². The molecule has 1 heterocycles. The van der Waals surface area contributed by atoms with Crippen LogP contribution in [-0.2, 0) is 0 Å². The summed E-state index contributed by atoms with van der Waals surface area (Å²) in [6.07, 6.45) is 7.06. The van der Waals surface area contributed by atoms with Crippen LogP contribution in [0.2, 0.25) is 5.28 Å². The zero-order valence-corrected chi connectivity index (χ0v) is 10.6. The summed E-state index contributed by atoms with van der Waals surface area (Å²) in [5, 5.41) is 3.71. The second-order valence-electron chi connectivity index (χ2n) is 5.04. The van der Waals surface area contributed by atoms with Gasteiger partial charge in [0.2, 0.25) is 5.28 Å². The molecular formula is C12H18ClN3. The minimum Gasteiger partial charge on any atom is -0.369 e. The van der Waals surface area contributed by atoms with Crippen LogP contribution in [0, 0.1) is 12.3 Å². The summed E-state index contributed by atoms with van der Waals surface area (Å²) in [4.78, 5) is 8.16. The molecule has 0 radical (unpaired) electrons. The lowest BCUT2D eigenvalue weighted by molar-refractivity contribution is 0.361. The maximum atomic E-state index is 5.78. The van der Waals surface area contributed by atoms with Crippen LogP contribution in [0.5, 0.6) is 0 Å². The van der Waals surface area contributed by atoms with Crippen LogP contribution in [0.1, 0.15) is 38.2 Å². The first-order valence-electron chi connectivity index (χ1n) is 5.82. The molecule has 1 aliphatic carbocycles. The van der Waals surface area contributed by atoms with Crippen molar-refractivity contribution in [2.75, 3.05) is 11.9 Å². The quantitative estimate of drug-likeness (QED) is 0.822. The van der Waals surface area contributed by atoms with E-state index in [4.69, 9.17) is 11.6 Å². The van der Waals surface area contributed by atoms with Crippen molar-refractivity contribution in [3.8, 4) is 0 Å². The van der Waals surface area contributed by atoms with E-state index in [1.165, 1.54) is 25.7 Å². The first-order valence-corrected chi connectivity index (χ1v) is 6.20. The maximum Gasteiger partial charge on any atom is 0.224 e. The first kappa shape index (κ1) is 11.6. The number of nitrogens with zero attached hydrogens (tertiary/aromatic N) is 2. The van der Waals surface area contributed by atoms with E-state index in [9.17, 15) is 0 Å². The Kier molecular flexibility index (Phi) is 3.33. The van der Waals surface area contributed by atoms with Crippen LogP contribution >= 0.6 is 11.6 Å². The molecule has 0 amide bonds. The molecule has 0 spiro atoms. The number of halogens is 1. The van der Waals surface area contributed by atoms with Gasteiger partial charge < -0.3 is 5.32 Å². The number of hydrogen-bond donors (Lipinski definition) is 1. The minimum absolute atomic E-state index is 0.310. The topological polar surface area (TPSA) is 37.8 Å². The molecule has 1 fully saturated rings. The van der Waals surface area contributed by atoms with Crippen molar-refractivity contribution in [1.29, 1.82) is 0 Å². The normalized spacial score (nSPS) is 18.7. The van der Waals surface area contributed by atoms with Gasteiger partial charge in [-0.05, 0) is 36.8 Å². The third-order valence-electron chi connectivity index (χ3n) is 3.44. The Morgan fingerprint density at radius 2 is 2.12 bits per heavy atom. The summed E-state index contributed by atoms with van der Waals surface area (Å²) in [5.41, 5.74) is 1.47. The molecule has 0 unspecified atom stereocenters. The molecule has 0 saturated heterocycles. The summed E-state index contributed by atoms with van der Waals surface area (Å²) in [6, 6.07) is 0. The van der Waals surface area contributed by atoms with Crippen molar-refractivity contribution >= 4 is 17.4 Å². The Morgan fingerprint density at radius 3 is 2.81 bits per heavy atom. The van der Waals surface area contributed by atoms with E-state index < -0.39 is 0 Å². The van der Waals surface area contributed by atoms with E-state index >= 15 is 0 Å². The van der Waals surface area contributed by atoms with Gasteiger partial charge in [-0.2, -0.15) is 0 Å². The lowest BCUT2D eigenvalue weighted by Gasteiger charge is -2.24. The Balaban J connectivity index is 2.01. The third kappa shape index (κ3) is 2.64. The highest BCUT2D eigenvalue weighted by Gasteiger charge is 2.28. The Labute approximate surface area is 102 Å². The van der Waals surface area contributed by atoms with Crippen molar-refractivity contribution in [3.05, 3.63) is 17.0 Å². The van der Waals surface area contributed by atoms with E-state index in [0.29, 0.717) is 10.7 Å². The fraction of sp³-hybridized carbons (Fsp3) is 0.667. The van der Waals surface area contributed by atoms with Crippen LogP contribution in [0.15, 0.2) is 6.20 Å². The van der Waals surface area contributed by atoms with Crippen LogP contribution in [0.4, 0.5) is 5.82 Å². The fourth-order valence-corrected chi connectivity index (χ4v) is 2.44. The Hall–Kier alpha value is -0.830. The molecule has 2 rings (SSSR count). The van der Waals surface area contributed by atoms with Gasteiger partial charge >= 0.3 is 0 Å². The highest BCUT2D eigenvalue weighted by atomic mass is 35.5.